The van der Waals surface area contributed by atoms with Crippen molar-refractivity contribution in [3.8, 4) is 0 Å². The summed E-state index contributed by atoms with van der Waals surface area (Å²) in [7, 11) is 1.75. The van der Waals surface area contributed by atoms with E-state index in [0.717, 1.165) is 19.6 Å². The van der Waals surface area contributed by atoms with Crippen molar-refractivity contribution < 1.29 is 4.74 Å². The minimum atomic E-state index is 0.521. The second-order valence-electron chi connectivity index (χ2n) is 4.02. The highest BCUT2D eigenvalue weighted by Gasteiger charge is 2.04. The molecule has 0 spiro atoms. The Morgan fingerprint density at radius 2 is 2.20 bits per heavy atom. The predicted molar refractivity (Wildman–Crippen MR) is 66.6 cm³/mol. The zero-order valence-corrected chi connectivity index (χ0v) is 10.9. The second kappa shape index (κ2) is 6.26. The third kappa shape index (κ3) is 4.33. The first-order chi connectivity index (χ1) is 7.13. The van der Waals surface area contributed by atoms with E-state index in [9.17, 15) is 0 Å². The van der Waals surface area contributed by atoms with Gasteiger partial charge in [0, 0.05) is 36.1 Å². The van der Waals surface area contributed by atoms with Crippen LogP contribution in [0.2, 0.25) is 0 Å². The molecule has 1 atom stereocenters. The van der Waals surface area contributed by atoms with Gasteiger partial charge in [-0.25, -0.2) is 0 Å². The van der Waals surface area contributed by atoms with E-state index in [1.165, 1.54) is 15.3 Å². The zero-order chi connectivity index (χ0) is 11.3. The highest BCUT2D eigenvalue weighted by atomic mass is 32.1. The van der Waals surface area contributed by atoms with E-state index in [-0.39, 0.29) is 0 Å². The number of ether oxygens (including phenoxy) is 1. The smallest absolute Gasteiger partial charge is 0.0476 e. The van der Waals surface area contributed by atoms with Gasteiger partial charge in [0.1, 0.15) is 0 Å². The Hall–Kier alpha value is -0.380. The molecule has 15 heavy (non-hydrogen) atoms. The topological polar surface area (TPSA) is 21.3 Å². The Bertz CT molecular complexity index is 276. The molecule has 0 aliphatic rings. The van der Waals surface area contributed by atoms with Crippen molar-refractivity contribution in [2.45, 2.75) is 39.8 Å². The number of rotatable bonds is 6. The van der Waals surface area contributed by atoms with Crippen LogP contribution in [0.4, 0.5) is 0 Å². The second-order valence-corrected chi connectivity index (χ2v) is 5.36. The molecule has 0 saturated heterocycles. The Morgan fingerprint density at radius 1 is 1.47 bits per heavy atom. The molecule has 1 aromatic rings. The summed E-state index contributed by atoms with van der Waals surface area (Å²) in [5.74, 6) is 0. The Kier molecular flexibility index (Phi) is 5.29. The van der Waals surface area contributed by atoms with Crippen molar-refractivity contribution >= 4 is 11.3 Å². The first-order valence-corrected chi connectivity index (χ1v) is 6.23. The summed E-state index contributed by atoms with van der Waals surface area (Å²) in [4.78, 5) is 2.85. The average Bonchev–Trinajstić information content (AvgIpc) is 2.52. The van der Waals surface area contributed by atoms with E-state index in [2.05, 4.69) is 32.2 Å². The van der Waals surface area contributed by atoms with Crippen LogP contribution in [-0.4, -0.2) is 19.8 Å². The molecule has 0 aromatic carbocycles. The lowest BCUT2D eigenvalue weighted by Gasteiger charge is -2.11. The number of aryl methyl sites for hydroxylation is 2. The molecule has 0 amide bonds. The number of methoxy groups -OCH3 is 1. The molecule has 0 saturated carbocycles. The molecule has 3 heteroatoms. The molecule has 2 nitrogen and oxygen atoms in total. The SMILES string of the molecule is COCCC(C)NCc1cc(C)c(C)s1. The highest BCUT2D eigenvalue weighted by molar-refractivity contribution is 7.12. The van der Waals surface area contributed by atoms with Crippen molar-refractivity contribution in [1.82, 2.24) is 5.32 Å². The van der Waals surface area contributed by atoms with Crippen LogP contribution in [0, 0.1) is 13.8 Å². The van der Waals surface area contributed by atoms with Crippen LogP contribution in [0.5, 0.6) is 0 Å². The normalized spacial score (nSPS) is 13.1. The maximum absolute atomic E-state index is 5.05. The summed E-state index contributed by atoms with van der Waals surface area (Å²) in [6.45, 7) is 8.36. The Morgan fingerprint density at radius 3 is 2.73 bits per heavy atom. The zero-order valence-electron chi connectivity index (χ0n) is 10.1. The standard InChI is InChI=1S/C12H21NOS/c1-9-7-12(15-11(9)3)8-13-10(2)5-6-14-4/h7,10,13H,5-6,8H2,1-4H3. The van der Waals surface area contributed by atoms with Gasteiger partial charge in [0.15, 0.2) is 0 Å². The molecule has 1 heterocycles. The van der Waals surface area contributed by atoms with Gasteiger partial charge in [0.05, 0.1) is 0 Å². The third-order valence-electron chi connectivity index (χ3n) is 2.60. The molecule has 1 aromatic heterocycles. The van der Waals surface area contributed by atoms with Gasteiger partial charge in [-0.15, -0.1) is 11.3 Å². The number of thiophene rings is 1. The monoisotopic (exact) mass is 227 g/mol. The third-order valence-corrected chi connectivity index (χ3v) is 3.75. The summed E-state index contributed by atoms with van der Waals surface area (Å²) < 4.78 is 5.05. The van der Waals surface area contributed by atoms with E-state index >= 15 is 0 Å². The maximum atomic E-state index is 5.05. The molecule has 0 radical (unpaired) electrons. The molecule has 86 valence electrons. The molecule has 0 aliphatic heterocycles. The summed E-state index contributed by atoms with van der Waals surface area (Å²) >= 11 is 1.89. The molecule has 1 rings (SSSR count). The van der Waals surface area contributed by atoms with E-state index in [1.54, 1.807) is 7.11 Å². The van der Waals surface area contributed by atoms with Gasteiger partial charge in [0.25, 0.3) is 0 Å². The van der Waals surface area contributed by atoms with Gasteiger partial charge in [-0.3, -0.25) is 0 Å². The lowest BCUT2D eigenvalue weighted by molar-refractivity contribution is 0.185. The lowest BCUT2D eigenvalue weighted by atomic mass is 10.2. The quantitative estimate of drug-likeness (QED) is 0.807. The molecule has 0 bridgehead atoms. The largest absolute Gasteiger partial charge is 0.385 e. The van der Waals surface area contributed by atoms with Gasteiger partial charge in [0.2, 0.25) is 0 Å². The van der Waals surface area contributed by atoms with Crippen molar-refractivity contribution in [2.75, 3.05) is 13.7 Å². The summed E-state index contributed by atoms with van der Waals surface area (Å²) in [6.07, 6.45) is 1.07. The van der Waals surface area contributed by atoms with E-state index in [4.69, 9.17) is 4.74 Å². The first-order valence-electron chi connectivity index (χ1n) is 5.41. The molecule has 0 fully saturated rings. The number of nitrogens with one attached hydrogen (secondary N) is 1. The maximum Gasteiger partial charge on any atom is 0.0476 e. The Labute approximate surface area is 96.7 Å². The minimum absolute atomic E-state index is 0.521. The fourth-order valence-corrected chi connectivity index (χ4v) is 2.41. The van der Waals surface area contributed by atoms with Crippen LogP contribution in [0.1, 0.15) is 28.7 Å². The minimum Gasteiger partial charge on any atom is -0.385 e. The van der Waals surface area contributed by atoms with E-state index in [0.29, 0.717) is 6.04 Å². The van der Waals surface area contributed by atoms with Crippen molar-refractivity contribution in [2.24, 2.45) is 0 Å². The molecule has 0 aliphatic carbocycles. The molecular weight excluding hydrogens is 206 g/mol. The number of hydrogen-bond acceptors (Lipinski definition) is 3. The van der Waals surface area contributed by atoms with Gasteiger partial charge < -0.3 is 10.1 Å². The average molecular weight is 227 g/mol. The van der Waals surface area contributed by atoms with Crippen molar-refractivity contribution in [3.63, 3.8) is 0 Å². The van der Waals surface area contributed by atoms with Crippen LogP contribution < -0.4 is 5.32 Å². The predicted octanol–water partition coefficient (Wildman–Crippen LogP) is 2.88. The van der Waals surface area contributed by atoms with Crippen LogP contribution in [-0.2, 0) is 11.3 Å². The van der Waals surface area contributed by atoms with Gasteiger partial charge in [-0.05, 0) is 38.8 Å². The Balaban J connectivity index is 2.30. The fourth-order valence-electron chi connectivity index (χ4n) is 1.41. The van der Waals surface area contributed by atoms with E-state index < -0.39 is 0 Å². The van der Waals surface area contributed by atoms with Gasteiger partial charge in [-0.2, -0.15) is 0 Å². The first kappa shape index (κ1) is 12.7. The van der Waals surface area contributed by atoms with Gasteiger partial charge in [-0.1, -0.05) is 0 Å². The van der Waals surface area contributed by atoms with Crippen LogP contribution in [0.3, 0.4) is 0 Å². The lowest BCUT2D eigenvalue weighted by Crippen LogP contribution is -2.26. The van der Waals surface area contributed by atoms with E-state index in [1.807, 2.05) is 11.3 Å². The van der Waals surface area contributed by atoms with Crippen molar-refractivity contribution in [3.05, 3.63) is 21.4 Å². The number of hydrogen-bond donors (Lipinski definition) is 1. The van der Waals surface area contributed by atoms with Crippen LogP contribution >= 0.6 is 11.3 Å². The van der Waals surface area contributed by atoms with Crippen molar-refractivity contribution in [1.29, 1.82) is 0 Å². The summed E-state index contributed by atoms with van der Waals surface area (Å²) in [5.41, 5.74) is 1.40. The fraction of sp³-hybridized carbons (Fsp3) is 0.667. The summed E-state index contributed by atoms with van der Waals surface area (Å²) in [6, 6.07) is 2.79. The van der Waals surface area contributed by atoms with Crippen LogP contribution in [0.15, 0.2) is 6.07 Å². The highest BCUT2D eigenvalue weighted by Crippen LogP contribution is 2.20. The summed E-state index contributed by atoms with van der Waals surface area (Å²) in [5, 5.41) is 3.50. The molecule has 1 N–H and O–H groups in total. The molecular formula is C12H21NOS. The molecule has 1 unspecified atom stereocenters. The van der Waals surface area contributed by atoms with Gasteiger partial charge >= 0.3 is 0 Å². The van der Waals surface area contributed by atoms with Crippen LogP contribution in [0.25, 0.3) is 0 Å².